The Labute approximate surface area is 332 Å². The largest absolute Gasteiger partial charge is 0.435 e. The lowest BCUT2D eigenvalue weighted by Gasteiger charge is -2.34. The molecule has 2 aliphatic rings. The second kappa shape index (κ2) is 13.6. The number of aryl methyl sites for hydroxylation is 1. The lowest BCUT2D eigenvalue weighted by molar-refractivity contribution is -0.144. The number of imidazole rings is 1. The van der Waals surface area contributed by atoms with E-state index in [2.05, 4.69) is 35.2 Å². The molecule has 13 nitrogen and oxygen atoms in total. The van der Waals surface area contributed by atoms with E-state index in [9.17, 15) is 35.2 Å². The number of aromatic amines is 1. The first kappa shape index (κ1) is 38.6. The Bertz CT molecular complexity index is 2920. The molecular formula is C37H29F7N10O3S2. The number of aromatic nitrogens is 8. The zero-order chi connectivity index (χ0) is 41.8. The average molecular weight is 859 g/mol. The molecule has 306 valence electrons. The van der Waals surface area contributed by atoms with Crippen LogP contribution in [-0.2, 0) is 46.9 Å². The molecule has 7 aromatic rings. The quantitative estimate of drug-likeness (QED) is 0.122. The van der Waals surface area contributed by atoms with E-state index in [0.717, 1.165) is 18.4 Å². The summed E-state index contributed by atoms with van der Waals surface area (Å²) in [6.07, 6.45) is -1.34. The van der Waals surface area contributed by atoms with Crippen LogP contribution in [-0.4, -0.2) is 60.1 Å². The summed E-state index contributed by atoms with van der Waals surface area (Å²) in [5.74, 6) is -9.02. The maximum Gasteiger partial charge on any atom is 0.435 e. The van der Waals surface area contributed by atoms with Crippen molar-refractivity contribution in [2.75, 3.05) is 11.0 Å². The lowest BCUT2D eigenvalue weighted by atomic mass is 9.73. The molecule has 3 atom stereocenters. The molecular weight excluding hydrogens is 830 g/mol. The van der Waals surface area contributed by atoms with Gasteiger partial charge in [0.2, 0.25) is 15.9 Å². The molecule has 0 aliphatic heterocycles. The van der Waals surface area contributed by atoms with Gasteiger partial charge < -0.3 is 10.3 Å². The van der Waals surface area contributed by atoms with E-state index < -0.39 is 81.0 Å². The van der Waals surface area contributed by atoms with Crippen LogP contribution in [0.4, 0.5) is 36.6 Å². The maximum absolute atomic E-state index is 15.7. The van der Waals surface area contributed by atoms with Crippen molar-refractivity contribution in [2.24, 2.45) is 13.0 Å². The molecule has 1 saturated carbocycles. The minimum Gasteiger partial charge on any atom is -0.346 e. The highest BCUT2D eigenvalue weighted by Crippen LogP contribution is 2.64. The summed E-state index contributed by atoms with van der Waals surface area (Å²) in [6.45, 7) is -1.06. The van der Waals surface area contributed by atoms with Gasteiger partial charge in [-0.3, -0.25) is 18.9 Å². The number of alkyl halides is 5. The highest BCUT2D eigenvalue weighted by molar-refractivity contribution is 7.92. The van der Waals surface area contributed by atoms with Crippen molar-refractivity contribution in [3.8, 4) is 21.8 Å². The predicted octanol–water partition coefficient (Wildman–Crippen LogP) is 7.20. The molecule has 0 spiro atoms. The highest BCUT2D eigenvalue weighted by Gasteiger charge is 2.63. The first-order valence-corrected chi connectivity index (χ1v) is 20.6. The van der Waals surface area contributed by atoms with Gasteiger partial charge in [0.15, 0.2) is 17.2 Å². The summed E-state index contributed by atoms with van der Waals surface area (Å²) in [5.41, 5.74) is -1.08. The van der Waals surface area contributed by atoms with Crippen LogP contribution in [0.3, 0.4) is 0 Å². The van der Waals surface area contributed by atoms with Crippen LogP contribution in [0.25, 0.3) is 43.1 Å². The maximum atomic E-state index is 15.7. The molecule has 0 saturated heterocycles. The number of anilines is 1. The third-order valence-electron chi connectivity index (χ3n) is 10.6. The van der Waals surface area contributed by atoms with Gasteiger partial charge in [0.1, 0.15) is 28.9 Å². The average Bonchev–Trinajstić information content (AvgIpc) is 3.93. The predicted molar refractivity (Wildman–Crippen MR) is 201 cm³/mol. The summed E-state index contributed by atoms with van der Waals surface area (Å²) in [7, 11) is -2.21. The molecule has 9 rings (SSSR count). The molecule has 3 N–H and O–H groups in total. The number of benzene rings is 2. The number of thiazole rings is 1. The van der Waals surface area contributed by atoms with E-state index in [4.69, 9.17) is 4.98 Å². The van der Waals surface area contributed by atoms with Crippen molar-refractivity contribution in [1.82, 2.24) is 44.8 Å². The van der Waals surface area contributed by atoms with Crippen LogP contribution in [0.1, 0.15) is 53.0 Å². The third-order valence-corrected chi connectivity index (χ3v) is 12.2. The minimum atomic E-state index is -5.07. The monoisotopic (exact) mass is 858 g/mol. The van der Waals surface area contributed by atoms with Gasteiger partial charge in [-0.25, -0.2) is 32.2 Å². The Morgan fingerprint density at radius 2 is 1.83 bits per heavy atom. The summed E-state index contributed by atoms with van der Waals surface area (Å²) in [6, 6.07) is 8.01. The number of halogens is 7. The molecule has 0 bridgehead atoms. The summed E-state index contributed by atoms with van der Waals surface area (Å²) >= 11 is 1.23. The number of hydrogen-bond donors (Lipinski definition) is 3. The van der Waals surface area contributed by atoms with Gasteiger partial charge in [0.25, 0.3) is 5.92 Å². The van der Waals surface area contributed by atoms with Gasteiger partial charge in [-0.05, 0) is 55.0 Å². The lowest BCUT2D eigenvalue weighted by Crippen LogP contribution is -2.36. The van der Waals surface area contributed by atoms with Crippen LogP contribution in [0.5, 0.6) is 0 Å². The van der Waals surface area contributed by atoms with E-state index >= 15 is 8.78 Å². The molecule has 0 unspecified atom stereocenters. The van der Waals surface area contributed by atoms with Crippen LogP contribution >= 0.6 is 11.3 Å². The van der Waals surface area contributed by atoms with E-state index in [0.29, 0.717) is 48.2 Å². The zero-order valence-corrected chi connectivity index (χ0v) is 32.2. The second-order valence-corrected chi connectivity index (χ2v) is 17.3. The smallest absolute Gasteiger partial charge is 0.346 e. The zero-order valence-electron chi connectivity index (χ0n) is 30.6. The van der Waals surface area contributed by atoms with Crippen molar-refractivity contribution in [3.05, 3.63) is 94.8 Å². The topological polar surface area (TPSA) is 165 Å². The number of nitrogens with zero attached hydrogens (tertiary/aromatic N) is 7. The van der Waals surface area contributed by atoms with Crippen molar-refractivity contribution in [1.29, 1.82) is 0 Å². The van der Waals surface area contributed by atoms with Crippen molar-refractivity contribution < 1.29 is 43.9 Å². The van der Waals surface area contributed by atoms with Crippen LogP contribution < -0.4 is 10.0 Å². The van der Waals surface area contributed by atoms with Gasteiger partial charge in [0, 0.05) is 41.1 Å². The summed E-state index contributed by atoms with van der Waals surface area (Å²) in [4.78, 5) is 30.6. The molecule has 1 amide bonds. The number of nitrogens with one attached hydrogen (secondary N) is 3. The molecule has 22 heteroatoms. The van der Waals surface area contributed by atoms with Crippen LogP contribution in [0.15, 0.2) is 55.0 Å². The van der Waals surface area contributed by atoms with E-state index in [1.54, 1.807) is 37.5 Å². The molecule has 2 aliphatic carbocycles. The van der Waals surface area contributed by atoms with Gasteiger partial charge in [0.05, 0.1) is 46.4 Å². The Balaban J connectivity index is 1.21. The second-order valence-electron chi connectivity index (χ2n) is 14.6. The van der Waals surface area contributed by atoms with Gasteiger partial charge >= 0.3 is 6.18 Å². The number of sulfonamides is 1. The van der Waals surface area contributed by atoms with Crippen molar-refractivity contribution in [2.45, 2.75) is 49.9 Å². The molecule has 5 aromatic heterocycles. The molecule has 5 heterocycles. The number of pyridine rings is 1. The van der Waals surface area contributed by atoms with Crippen molar-refractivity contribution in [3.63, 3.8) is 0 Å². The number of H-pyrrole nitrogens is 1. The first-order valence-electron chi connectivity index (χ1n) is 17.9. The fourth-order valence-electron chi connectivity index (χ4n) is 8.17. The molecule has 2 aromatic carbocycles. The minimum absolute atomic E-state index is 0.00691. The summed E-state index contributed by atoms with van der Waals surface area (Å²) in [5, 5.41) is 11.4. The van der Waals surface area contributed by atoms with Gasteiger partial charge in [-0.15, -0.1) is 11.3 Å². The van der Waals surface area contributed by atoms with Crippen LogP contribution in [0, 0.1) is 17.6 Å². The molecule has 1 fully saturated rings. The number of carbonyl (C=O) groups excluding carboxylic acids is 1. The van der Waals surface area contributed by atoms with E-state index in [1.165, 1.54) is 22.3 Å². The standard InChI is InChI=1S/C37H29F7N10O3S2/c1-53-30-19(4-3-5-21(30)33(51-53)52-59(2,56)57)22-12-26-34(49-35(58-26)25-13-45-15-46-25)48-29(22)24(10-16-8-17(38)11-18(39)9-16)47-27(55)14-54-32-28(31(50-54)37(42,43)44)20-6-7-23(20)36(32,40)41/h3-5,8-9,11-13,15,20,23-24H,6-7,10,14H2,1-2H3,(H,45,46)(H,47,55)(H,51,52)/t20-,23+,24-/m0/s1. The van der Waals surface area contributed by atoms with Crippen molar-refractivity contribution >= 4 is 54.3 Å². The normalized spacial score (nSPS) is 17.8. The Hall–Kier alpha value is -5.90. The Morgan fingerprint density at radius 3 is 2.49 bits per heavy atom. The number of hydrogen-bond acceptors (Lipinski definition) is 9. The Morgan fingerprint density at radius 1 is 1.07 bits per heavy atom. The molecule has 0 radical (unpaired) electrons. The number of carbonyl (C=O) groups is 1. The number of fused-ring (bicyclic) bond motifs is 5. The fraction of sp³-hybridized carbons (Fsp3) is 0.297. The van der Waals surface area contributed by atoms with Crippen LogP contribution in [0.2, 0.25) is 0 Å². The Kier molecular flexibility index (Phi) is 8.88. The number of amides is 1. The highest BCUT2D eigenvalue weighted by atomic mass is 32.2. The third kappa shape index (κ3) is 6.76. The number of rotatable bonds is 10. The first-order chi connectivity index (χ1) is 27.9. The van der Waals surface area contributed by atoms with E-state index in [1.807, 2.05) is 0 Å². The summed E-state index contributed by atoms with van der Waals surface area (Å²) < 4.78 is 133. The SMILES string of the molecule is Cn1nc(NS(C)(=O)=O)c2cccc(-c3cc4sc(-c5cnc[nH]5)nc4nc3[C@H](Cc3cc(F)cc(F)c3)NC(=O)Cn3nc(C(F)(F)F)c4c3C(F)(F)[C@@H]3CC[C@H]43)c21. The van der Waals surface area contributed by atoms with Gasteiger partial charge in [-0.2, -0.15) is 32.1 Å². The number of para-hydroxylation sites is 1. The van der Waals surface area contributed by atoms with E-state index in [-0.39, 0.29) is 42.0 Å². The van der Waals surface area contributed by atoms with Gasteiger partial charge in [-0.1, -0.05) is 12.1 Å². The fourth-order valence-corrected chi connectivity index (χ4v) is 9.59. The molecule has 59 heavy (non-hydrogen) atoms.